The van der Waals surface area contributed by atoms with Gasteiger partial charge in [-0.25, -0.2) is 0 Å². The molecule has 0 bridgehead atoms. The minimum Gasteiger partial charge on any atom is -0.393 e. The van der Waals surface area contributed by atoms with Gasteiger partial charge in [0.25, 0.3) is 0 Å². The number of rotatable bonds is 4. The van der Waals surface area contributed by atoms with Gasteiger partial charge in [-0.2, -0.15) is 0 Å². The van der Waals surface area contributed by atoms with Crippen molar-refractivity contribution < 1.29 is 15.0 Å². The van der Waals surface area contributed by atoms with Crippen molar-refractivity contribution in [1.82, 2.24) is 24.6 Å². The van der Waals surface area contributed by atoms with Crippen molar-refractivity contribution in [2.75, 3.05) is 32.8 Å². The van der Waals surface area contributed by atoms with Crippen molar-refractivity contribution in [1.29, 1.82) is 0 Å². The maximum absolute atomic E-state index is 11.7. The topological polar surface area (TPSA) is 94.7 Å². The van der Waals surface area contributed by atoms with E-state index in [0.717, 1.165) is 57.0 Å². The number of nitrogens with zero attached hydrogens (tertiary/aromatic N) is 5. The molecule has 8 nitrogen and oxygen atoms in total. The molecule has 3 heterocycles. The summed E-state index contributed by atoms with van der Waals surface area (Å²) in [6.07, 6.45) is 3.35. The molecule has 1 atom stereocenters. The van der Waals surface area contributed by atoms with Gasteiger partial charge in [0.2, 0.25) is 5.91 Å². The fourth-order valence-corrected chi connectivity index (χ4v) is 3.66. The Balaban J connectivity index is 1.65. The first-order chi connectivity index (χ1) is 11.6. The molecule has 8 heteroatoms. The maximum Gasteiger partial charge on any atom is 0.248 e. The number of aromatic nitrogens is 3. The minimum atomic E-state index is -0.433. The van der Waals surface area contributed by atoms with Gasteiger partial charge < -0.3 is 19.7 Å². The SMILES string of the molecule is Cn1c(CN2CCC(O)CC2)nnc1[C@H]1CCCN(C(=O)CO)C1. The molecule has 2 aliphatic rings. The number of hydrogen-bond acceptors (Lipinski definition) is 6. The van der Waals surface area contributed by atoms with Gasteiger partial charge in [0, 0.05) is 39.1 Å². The van der Waals surface area contributed by atoms with Gasteiger partial charge in [0.15, 0.2) is 0 Å². The second-order valence-electron chi connectivity index (χ2n) is 6.88. The molecule has 24 heavy (non-hydrogen) atoms. The van der Waals surface area contributed by atoms with Crippen LogP contribution in [0.4, 0.5) is 0 Å². The predicted octanol–water partition coefficient (Wildman–Crippen LogP) is -0.530. The summed E-state index contributed by atoms with van der Waals surface area (Å²) >= 11 is 0. The van der Waals surface area contributed by atoms with E-state index in [1.54, 1.807) is 4.90 Å². The molecule has 0 radical (unpaired) electrons. The Hall–Kier alpha value is -1.51. The zero-order valence-electron chi connectivity index (χ0n) is 14.3. The van der Waals surface area contributed by atoms with E-state index in [2.05, 4.69) is 15.1 Å². The van der Waals surface area contributed by atoms with Crippen LogP contribution in [0, 0.1) is 0 Å². The summed E-state index contributed by atoms with van der Waals surface area (Å²) in [6.45, 7) is 3.37. The number of carbonyl (C=O) groups is 1. The fourth-order valence-electron chi connectivity index (χ4n) is 3.66. The lowest BCUT2D eigenvalue weighted by Gasteiger charge is -2.32. The van der Waals surface area contributed by atoms with Gasteiger partial charge in [0.05, 0.1) is 12.6 Å². The molecular weight excluding hydrogens is 310 g/mol. The van der Waals surface area contributed by atoms with Crippen molar-refractivity contribution in [3.05, 3.63) is 11.6 Å². The number of carbonyl (C=O) groups excluding carboxylic acids is 1. The maximum atomic E-state index is 11.7. The lowest BCUT2D eigenvalue weighted by molar-refractivity contribution is -0.135. The van der Waals surface area contributed by atoms with Gasteiger partial charge in [0.1, 0.15) is 18.3 Å². The molecule has 0 aromatic carbocycles. The Morgan fingerprint density at radius 1 is 1.21 bits per heavy atom. The quantitative estimate of drug-likeness (QED) is 0.767. The van der Waals surface area contributed by atoms with E-state index in [0.29, 0.717) is 13.1 Å². The van der Waals surface area contributed by atoms with E-state index >= 15 is 0 Å². The van der Waals surface area contributed by atoms with Crippen LogP contribution in [0.3, 0.4) is 0 Å². The summed E-state index contributed by atoms with van der Waals surface area (Å²) in [5.41, 5.74) is 0. The highest BCUT2D eigenvalue weighted by Gasteiger charge is 2.28. The van der Waals surface area contributed by atoms with Gasteiger partial charge in [-0.05, 0) is 25.7 Å². The number of aliphatic hydroxyl groups excluding tert-OH is 2. The highest BCUT2D eigenvalue weighted by atomic mass is 16.3. The Bertz CT molecular complexity index is 568. The van der Waals surface area contributed by atoms with E-state index in [9.17, 15) is 9.90 Å². The summed E-state index contributed by atoms with van der Waals surface area (Å²) < 4.78 is 2.04. The van der Waals surface area contributed by atoms with Crippen LogP contribution in [0.15, 0.2) is 0 Å². The highest BCUT2D eigenvalue weighted by Crippen LogP contribution is 2.26. The molecule has 1 amide bonds. The van der Waals surface area contributed by atoms with Gasteiger partial charge in [-0.15, -0.1) is 10.2 Å². The normalized spacial score (nSPS) is 23.6. The lowest BCUT2D eigenvalue weighted by Crippen LogP contribution is -2.41. The largest absolute Gasteiger partial charge is 0.393 e. The second-order valence-corrected chi connectivity index (χ2v) is 6.88. The molecule has 1 aromatic heterocycles. The Morgan fingerprint density at radius 3 is 2.67 bits per heavy atom. The smallest absolute Gasteiger partial charge is 0.248 e. The van der Waals surface area contributed by atoms with Crippen LogP contribution in [0.5, 0.6) is 0 Å². The molecule has 2 saturated heterocycles. The zero-order chi connectivity index (χ0) is 17.1. The standard InChI is InChI=1S/C16H27N5O3/c1-19-14(10-20-7-4-13(23)5-8-20)17-18-16(19)12-3-2-6-21(9-12)15(24)11-22/h12-13,22-23H,2-11H2,1H3/t12-/m0/s1. The van der Waals surface area contributed by atoms with Crippen LogP contribution in [0.25, 0.3) is 0 Å². The van der Waals surface area contributed by atoms with Gasteiger partial charge in [-0.3, -0.25) is 9.69 Å². The first-order valence-electron chi connectivity index (χ1n) is 8.75. The van der Waals surface area contributed by atoms with Crippen LogP contribution >= 0.6 is 0 Å². The van der Waals surface area contributed by atoms with Gasteiger partial charge in [-0.1, -0.05) is 0 Å². The summed E-state index contributed by atoms with van der Waals surface area (Å²) in [7, 11) is 1.98. The third-order valence-electron chi connectivity index (χ3n) is 5.20. The Labute approximate surface area is 142 Å². The third kappa shape index (κ3) is 3.76. The van der Waals surface area contributed by atoms with Crippen LogP contribution in [0.1, 0.15) is 43.3 Å². The fraction of sp³-hybridized carbons (Fsp3) is 0.812. The molecule has 2 N–H and O–H groups in total. The number of amides is 1. The van der Waals surface area contributed by atoms with E-state index in [1.165, 1.54) is 0 Å². The molecule has 3 rings (SSSR count). The molecule has 2 aliphatic heterocycles. The van der Waals surface area contributed by atoms with E-state index < -0.39 is 6.61 Å². The molecular formula is C16H27N5O3. The van der Waals surface area contributed by atoms with Crippen LogP contribution in [-0.2, 0) is 18.4 Å². The second kappa shape index (κ2) is 7.58. The minimum absolute atomic E-state index is 0.170. The summed E-state index contributed by atoms with van der Waals surface area (Å²) in [4.78, 5) is 15.7. The van der Waals surface area contributed by atoms with E-state index in [1.807, 2.05) is 11.6 Å². The van der Waals surface area contributed by atoms with Crippen molar-refractivity contribution in [2.24, 2.45) is 7.05 Å². The number of piperidine rings is 2. The number of hydrogen-bond donors (Lipinski definition) is 2. The molecule has 134 valence electrons. The average Bonchev–Trinajstić information content (AvgIpc) is 2.97. The molecule has 1 aromatic rings. The molecule has 0 aliphatic carbocycles. The Morgan fingerprint density at radius 2 is 1.96 bits per heavy atom. The molecule has 0 spiro atoms. The lowest BCUT2D eigenvalue weighted by atomic mass is 9.97. The summed E-state index contributed by atoms with van der Waals surface area (Å²) in [5.74, 6) is 1.79. The molecule has 0 unspecified atom stereocenters. The monoisotopic (exact) mass is 337 g/mol. The first kappa shape index (κ1) is 17.3. The number of aliphatic hydroxyl groups is 2. The van der Waals surface area contributed by atoms with Crippen molar-refractivity contribution >= 4 is 5.91 Å². The highest BCUT2D eigenvalue weighted by molar-refractivity contribution is 5.77. The molecule has 0 saturated carbocycles. The summed E-state index contributed by atoms with van der Waals surface area (Å²) in [5, 5.41) is 27.4. The predicted molar refractivity (Wildman–Crippen MR) is 87.2 cm³/mol. The van der Waals surface area contributed by atoms with Crippen LogP contribution in [0.2, 0.25) is 0 Å². The van der Waals surface area contributed by atoms with Crippen molar-refractivity contribution in [2.45, 2.75) is 44.2 Å². The van der Waals surface area contributed by atoms with Crippen LogP contribution < -0.4 is 0 Å². The third-order valence-corrected chi connectivity index (χ3v) is 5.20. The van der Waals surface area contributed by atoms with E-state index in [4.69, 9.17) is 5.11 Å². The summed E-state index contributed by atoms with van der Waals surface area (Å²) in [6, 6.07) is 0. The van der Waals surface area contributed by atoms with E-state index in [-0.39, 0.29) is 17.9 Å². The van der Waals surface area contributed by atoms with Crippen LogP contribution in [-0.4, -0.2) is 79.6 Å². The average molecular weight is 337 g/mol. The van der Waals surface area contributed by atoms with Crippen molar-refractivity contribution in [3.8, 4) is 0 Å². The molecule has 2 fully saturated rings. The number of likely N-dealkylation sites (tertiary alicyclic amines) is 2. The zero-order valence-corrected chi connectivity index (χ0v) is 14.3. The Kier molecular flexibility index (Phi) is 5.47. The first-order valence-corrected chi connectivity index (χ1v) is 8.75. The van der Waals surface area contributed by atoms with Crippen molar-refractivity contribution in [3.63, 3.8) is 0 Å². The van der Waals surface area contributed by atoms with Gasteiger partial charge >= 0.3 is 0 Å².